The number of nitrogens with zero attached hydrogens (tertiary/aromatic N) is 2. The van der Waals surface area contributed by atoms with Crippen molar-refractivity contribution >= 4 is 17.6 Å². The van der Waals surface area contributed by atoms with Gasteiger partial charge in [-0.15, -0.1) is 0 Å². The molecule has 0 atom stereocenters. The summed E-state index contributed by atoms with van der Waals surface area (Å²) in [6.07, 6.45) is 0.900. The van der Waals surface area contributed by atoms with E-state index >= 15 is 0 Å². The number of rotatable bonds is 5. The zero-order valence-corrected chi connectivity index (χ0v) is 11.1. The molecule has 1 fully saturated rings. The number of Topliss-reactive ketones (excluding diaryl/α,β-unsaturated/α-hetero) is 1. The minimum Gasteiger partial charge on any atom is -0.355 e. The standard InChI is InChI=1S/C12H21N3O3/c1-3-13-11(17)8-14(2)9-12(18)15-6-4-10(16)5-7-15/h3-9H2,1-2H3,(H,13,17). The Bertz CT molecular complexity index is 321. The first-order valence-corrected chi connectivity index (χ1v) is 6.27. The fourth-order valence-corrected chi connectivity index (χ4v) is 1.89. The second kappa shape index (κ2) is 7.10. The van der Waals surface area contributed by atoms with E-state index in [0.717, 1.165) is 0 Å². The molecule has 0 aromatic rings. The summed E-state index contributed by atoms with van der Waals surface area (Å²) in [5.74, 6) is 0.116. The first-order chi connectivity index (χ1) is 8.52. The third-order valence-corrected chi connectivity index (χ3v) is 2.87. The van der Waals surface area contributed by atoms with Crippen LogP contribution in [0.5, 0.6) is 0 Å². The average Bonchev–Trinajstić information content (AvgIpc) is 2.29. The van der Waals surface area contributed by atoms with E-state index in [-0.39, 0.29) is 30.7 Å². The molecule has 1 aliphatic rings. The molecule has 6 nitrogen and oxygen atoms in total. The molecule has 0 aliphatic carbocycles. The predicted octanol–water partition coefficient (Wildman–Crippen LogP) is -0.754. The molecule has 0 radical (unpaired) electrons. The Labute approximate surface area is 107 Å². The highest BCUT2D eigenvalue weighted by atomic mass is 16.2. The Hall–Kier alpha value is -1.43. The molecule has 102 valence electrons. The number of ketones is 1. The first-order valence-electron chi connectivity index (χ1n) is 6.27. The molecule has 2 amide bonds. The molecule has 1 saturated heterocycles. The van der Waals surface area contributed by atoms with Crippen LogP contribution in [0.1, 0.15) is 19.8 Å². The van der Waals surface area contributed by atoms with E-state index < -0.39 is 0 Å². The molecule has 0 spiro atoms. The van der Waals surface area contributed by atoms with Crippen molar-refractivity contribution in [2.24, 2.45) is 0 Å². The van der Waals surface area contributed by atoms with E-state index in [2.05, 4.69) is 5.32 Å². The van der Waals surface area contributed by atoms with Crippen molar-refractivity contribution in [2.45, 2.75) is 19.8 Å². The van der Waals surface area contributed by atoms with Crippen molar-refractivity contribution in [3.05, 3.63) is 0 Å². The Morgan fingerprint density at radius 1 is 1.28 bits per heavy atom. The lowest BCUT2D eigenvalue weighted by Gasteiger charge is -2.28. The Morgan fingerprint density at radius 2 is 1.89 bits per heavy atom. The average molecular weight is 255 g/mol. The Kier molecular flexibility index (Phi) is 5.77. The predicted molar refractivity (Wildman–Crippen MR) is 67.0 cm³/mol. The maximum absolute atomic E-state index is 11.9. The zero-order chi connectivity index (χ0) is 13.5. The zero-order valence-electron chi connectivity index (χ0n) is 11.1. The van der Waals surface area contributed by atoms with E-state index in [1.165, 1.54) is 0 Å². The molecule has 0 aromatic carbocycles. The summed E-state index contributed by atoms with van der Waals surface area (Å²) in [5.41, 5.74) is 0. The summed E-state index contributed by atoms with van der Waals surface area (Å²) in [6, 6.07) is 0. The molecule has 0 saturated carbocycles. The number of carbonyl (C=O) groups is 3. The molecule has 1 N–H and O–H groups in total. The molecule has 0 unspecified atom stereocenters. The van der Waals surface area contributed by atoms with Crippen LogP contribution in [-0.4, -0.2) is 67.2 Å². The van der Waals surface area contributed by atoms with Crippen LogP contribution in [0.25, 0.3) is 0 Å². The van der Waals surface area contributed by atoms with Gasteiger partial charge in [-0.25, -0.2) is 0 Å². The van der Waals surface area contributed by atoms with Crippen molar-refractivity contribution < 1.29 is 14.4 Å². The van der Waals surface area contributed by atoms with Gasteiger partial charge in [0.25, 0.3) is 0 Å². The van der Waals surface area contributed by atoms with E-state index in [1.54, 1.807) is 16.8 Å². The largest absolute Gasteiger partial charge is 0.355 e. The Balaban J connectivity index is 2.30. The topological polar surface area (TPSA) is 69.7 Å². The summed E-state index contributed by atoms with van der Waals surface area (Å²) in [7, 11) is 1.74. The van der Waals surface area contributed by atoms with Gasteiger partial charge in [0.15, 0.2) is 0 Å². The first kappa shape index (κ1) is 14.6. The van der Waals surface area contributed by atoms with Gasteiger partial charge in [0.1, 0.15) is 5.78 Å². The van der Waals surface area contributed by atoms with Gasteiger partial charge < -0.3 is 10.2 Å². The van der Waals surface area contributed by atoms with Gasteiger partial charge in [-0.2, -0.15) is 0 Å². The van der Waals surface area contributed by atoms with Crippen LogP contribution in [0.15, 0.2) is 0 Å². The number of amides is 2. The van der Waals surface area contributed by atoms with Crippen molar-refractivity contribution in [3.63, 3.8) is 0 Å². The molecular weight excluding hydrogens is 234 g/mol. The van der Waals surface area contributed by atoms with Gasteiger partial charge in [-0.3, -0.25) is 19.3 Å². The molecular formula is C12H21N3O3. The van der Waals surface area contributed by atoms with Crippen LogP contribution in [-0.2, 0) is 14.4 Å². The number of piperidine rings is 1. The van der Waals surface area contributed by atoms with Crippen molar-refractivity contribution in [2.75, 3.05) is 39.8 Å². The van der Waals surface area contributed by atoms with Gasteiger partial charge in [-0.05, 0) is 14.0 Å². The lowest BCUT2D eigenvalue weighted by molar-refractivity contribution is -0.135. The molecule has 0 aromatic heterocycles. The molecule has 0 bridgehead atoms. The third-order valence-electron chi connectivity index (χ3n) is 2.87. The van der Waals surface area contributed by atoms with Crippen LogP contribution < -0.4 is 5.32 Å². The van der Waals surface area contributed by atoms with Crippen LogP contribution in [0.4, 0.5) is 0 Å². The van der Waals surface area contributed by atoms with Crippen molar-refractivity contribution in [3.8, 4) is 0 Å². The second-order valence-corrected chi connectivity index (χ2v) is 4.55. The van der Waals surface area contributed by atoms with Gasteiger partial charge in [0.05, 0.1) is 13.1 Å². The lowest BCUT2D eigenvalue weighted by Crippen LogP contribution is -2.45. The van der Waals surface area contributed by atoms with E-state index in [0.29, 0.717) is 32.5 Å². The molecule has 18 heavy (non-hydrogen) atoms. The van der Waals surface area contributed by atoms with Crippen LogP contribution in [0.3, 0.4) is 0 Å². The molecule has 1 heterocycles. The van der Waals surface area contributed by atoms with Gasteiger partial charge in [0, 0.05) is 32.5 Å². The third kappa shape index (κ3) is 4.83. The lowest BCUT2D eigenvalue weighted by atomic mass is 10.1. The summed E-state index contributed by atoms with van der Waals surface area (Å²) in [6.45, 7) is 3.89. The van der Waals surface area contributed by atoms with Crippen molar-refractivity contribution in [1.29, 1.82) is 0 Å². The molecule has 1 aliphatic heterocycles. The maximum atomic E-state index is 11.9. The summed E-state index contributed by atoms with van der Waals surface area (Å²) >= 11 is 0. The van der Waals surface area contributed by atoms with E-state index in [9.17, 15) is 14.4 Å². The quantitative estimate of drug-likeness (QED) is 0.701. The number of likely N-dealkylation sites (tertiary alicyclic amines) is 1. The van der Waals surface area contributed by atoms with Crippen LogP contribution >= 0.6 is 0 Å². The van der Waals surface area contributed by atoms with Crippen molar-refractivity contribution in [1.82, 2.24) is 15.1 Å². The smallest absolute Gasteiger partial charge is 0.236 e. The summed E-state index contributed by atoms with van der Waals surface area (Å²) in [5, 5.41) is 2.68. The molecule has 1 rings (SSSR count). The normalized spacial score (nSPS) is 15.9. The highest BCUT2D eigenvalue weighted by Gasteiger charge is 2.21. The van der Waals surface area contributed by atoms with Gasteiger partial charge in [-0.1, -0.05) is 0 Å². The highest BCUT2D eigenvalue weighted by molar-refractivity contribution is 5.84. The van der Waals surface area contributed by atoms with E-state index in [1.807, 2.05) is 6.92 Å². The fraction of sp³-hybridized carbons (Fsp3) is 0.750. The van der Waals surface area contributed by atoms with Gasteiger partial charge in [0.2, 0.25) is 11.8 Å². The minimum atomic E-state index is -0.0818. The number of hydrogen-bond acceptors (Lipinski definition) is 4. The number of carbonyl (C=O) groups excluding carboxylic acids is 3. The molecule has 6 heteroatoms. The SMILES string of the molecule is CCNC(=O)CN(C)CC(=O)N1CCC(=O)CC1. The van der Waals surface area contributed by atoms with Gasteiger partial charge >= 0.3 is 0 Å². The highest BCUT2D eigenvalue weighted by Crippen LogP contribution is 2.06. The summed E-state index contributed by atoms with van der Waals surface area (Å²) < 4.78 is 0. The summed E-state index contributed by atoms with van der Waals surface area (Å²) in [4.78, 5) is 37.7. The van der Waals surface area contributed by atoms with Crippen LogP contribution in [0.2, 0.25) is 0 Å². The second-order valence-electron chi connectivity index (χ2n) is 4.55. The maximum Gasteiger partial charge on any atom is 0.236 e. The monoisotopic (exact) mass is 255 g/mol. The number of hydrogen-bond donors (Lipinski definition) is 1. The Morgan fingerprint density at radius 3 is 2.44 bits per heavy atom. The minimum absolute atomic E-state index is 0.0192. The number of nitrogens with one attached hydrogen (secondary N) is 1. The van der Waals surface area contributed by atoms with Crippen LogP contribution in [0, 0.1) is 0 Å². The van der Waals surface area contributed by atoms with E-state index in [4.69, 9.17) is 0 Å². The fourth-order valence-electron chi connectivity index (χ4n) is 1.89. The number of likely N-dealkylation sites (N-methyl/N-ethyl adjacent to an activating group) is 2.